The normalized spacial score (nSPS) is 10.8. The van der Waals surface area contributed by atoms with E-state index in [0.717, 1.165) is 29.6 Å². The highest BCUT2D eigenvalue weighted by atomic mass is 15.3. The lowest BCUT2D eigenvalue weighted by Gasteiger charge is -1.99. The fourth-order valence-electron chi connectivity index (χ4n) is 1.91. The fraction of sp³-hybridized carbons (Fsp3) is 0.333. The van der Waals surface area contributed by atoms with E-state index in [0.29, 0.717) is 5.82 Å². The molecule has 6 nitrogen and oxygen atoms in total. The van der Waals surface area contributed by atoms with Crippen molar-refractivity contribution >= 4 is 16.7 Å². The molecule has 0 aromatic carbocycles. The molecule has 0 atom stereocenters. The first-order chi connectivity index (χ1) is 8.83. The minimum atomic E-state index is 0.509. The monoisotopic (exact) mass is 240 g/mol. The highest BCUT2D eigenvalue weighted by Gasteiger charge is 2.11. The van der Waals surface area contributed by atoms with Crippen LogP contribution in [0, 0.1) is 11.8 Å². The van der Waals surface area contributed by atoms with Crippen molar-refractivity contribution in [3.63, 3.8) is 0 Å². The van der Waals surface area contributed by atoms with Crippen molar-refractivity contribution < 1.29 is 0 Å². The van der Waals surface area contributed by atoms with Gasteiger partial charge in [-0.05, 0) is 19.3 Å². The molecule has 0 aliphatic carbocycles. The molecule has 0 saturated heterocycles. The van der Waals surface area contributed by atoms with Crippen molar-refractivity contribution in [1.29, 1.82) is 0 Å². The first-order valence-corrected chi connectivity index (χ1v) is 5.83. The molecule has 90 valence electrons. The van der Waals surface area contributed by atoms with Crippen molar-refractivity contribution in [2.75, 3.05) is 0 Å². The van der Waals surface area contributed by atoms with Crippen LogP contribution in [-0.4, -0.2) is 29.4 Å². The zero-order valence-electron chi connectivity index (χ0n) is 10.3. The van der Waals surface area contributed by atoms with E-state index in [1.165, 1.54) is 0 Å². The SMILES string of the molecule is CC#Cc1nc2c3cnn(CCC)c3ncn2n1. The van der Waals surface area contributed by atoms with Gasteiger partial charge in [-0.15, -0.1) is 5.10 Å². The van der Waals surface area contributed by atoms with Crippen molar-refractivity contribution in [1.82, 2.24) is 29.4 Å². The van der Waals surface area contributed by atoms with Crippen molar-refractivity contribution in [2.45, 2.75) is 26.8 Å². The summed E-state index contributed by atoms with van der Waals surface area (Å²) in [6.45, 7) is 4.72. The average molecular weight is 240 g/mol. The van der Waals surface area contributed by atoms with E-state index in [1.807, 2.05) is 4.68 Å². The lowest BCUT2D eigenvalue weighted by atomic mass is 10.4. The Morgan fingerprint density at radius 1 is 1.33 bits per heavy atom. The van der Waals surface area contributed by atoms with Gasteiger partial charge in [0, 0.05) is 6.54 Å². The Hall–Kier alpha value is -2.42. The van der Waals surface area contributed by atoms with E-state index >= 15 is 0 Å². The van der Waals surface area contributed by atoms with Crippen molar-refractivity contribution in [2.24, 2.45) is 0 Å². The molecular weight excluding hydrogens is 228 g/mol. The quantitative estimate of drug-likeness (QED) is 0.633. The Kier molecular flexibility index (Phi) is 2.45. The molecule has 0 spiro atoms. The second kappa shape index (κ2) is 4.11. The third kappa shape index (κ3) is 1.52. The lowest BCUT2D eigenvalue weighted by molar-refractivity contribution is 0.616. The number of rotatable bonds is 2. The predicted octanol–water partition coefficient (Wildman–Crippen LogP) is 1.26. The van der Waals surface area contributed by atoms with Crippen LogP contribution in [0.15, 0.2) is 12.5 Å². The molecule has 0 unspecified atom stereocenters. The van der Waals surface area contributed by atoms with Gasteiger partial charge in [0.2, 0.25) is 5.82 Å². The molecule has 3 aromatic rings. The van der Waals surface area contributed by atoms with Gasteiger partial charge in [-0.2, -0.15) is 10.1 Å². The maximum atomic E-state index is 4.39. The van der Waals surface area contributed by atoms with E-state index in [1.54, 1.807) is 24.0 Å². The Bertz CT molecular complexity index is 770. The average Bonchev–Trinajstić information content (AvgIpc) is 2.93. The van der Waals surface area contributed by atoms with Crippen LogP contribution < -0.4 is 0 Å². The summed E-state index contributed by atoms with van der Waals surface area (Å²) in [6.07, 6.45) is 4.45. The Labute approximate surface area is 104 Å². The second-order valence-electron chi connectivity index (χ2n) is 3.93. The molecular formula is C12H12N6. The van der Waals surface area contributed by atoms with Gasteiger partial charge in [-0.25, -0.2) is 14.2 Å². The molecule has 3 aromatic heterocycles. The molecule has 0 saturated carbocycles. The number of aryl methyl sites for hydroxylation is 1. The van der Waals surface area contributed by atoms with E-state index in [-0.39, 0.29) is 0 Å². The van der Waals surface area contributed by atoms with E-state index in [4.69, 9.17) is 0 Å². The molecule has 18 heavy (non-hydrogen) atoms. The van der Waals surface area contributed by atoms with Crippen LogP contribution in [0.3, 0.4) is 0 Å². The molecule has 0 amide bonds. The van der Waals surface area contributed by atoms with Gasteiger partial charge < -0.3 is 0 Å². The number of hydrogen-bond donors (Lipinski definition) is 0. The largest absolute Gasteiger partial charge is 0.247 e. The topological polar surface area (TPSA) is 60.9 Å². The third-order valence-electron chi connectivity index (χ3n) is 2.65. The van der Waals surface area contributed by atoms with Gasteiger partial charge in [0.25, 0.3) is 0 Å². The van der Waals surface area contributed by atoms with Gasteiger partial charge in [0.05, 0.1) is 11.6 Å². The van der Waals surface area contributed by atoms with E-state index in [2.05, 4.69) is 38.9 Å². The highest BCUT2D eigenvalue weighted by Crippen LogP contribution is 2.16. The maximum Gasteiger partial charge on any atom is 0.226 e. The predicted molar refractivity (Wildman–Crippen MR) is 66.9 cm³/mol. The molecule has 0 aliphatic rings. The molecule has 0 radical (unpaired) electrons. The van der Waals surface area contributed by atoms with E-state index in [9.17, 15) is 0 Å². The Morgan fingerprint density at radius 3 is 3.00 bits per heavy atom. The number of hydrogen-bond acceptors (Lipinski definition) is 4. The minimum absolute atomic E-state index is 0.509. The van der Waals surface area contributed by atoms with Crippen molar-refractivity contribution in [3.05, 3.63) is 18.3 Å². The molecule has 3 heterocycles. The standard InChI is InChI=1S/C12H12N6/c1-3-5-10-15-12-9-7-14-17(6-4-2)11(9)13-8-18(12)16-10/h7-8H,4,6H2,1-2H3. The first-order valence-electron chi connectivity index (χ1n) is 5.83. The summed E-state index contributed by atoms with van der Waals surface area (Å²) >= 11 is 0. The van der Waals surface area contributed by atoms with Gasteiger partial charge >= 0.3 is 0 Å². The summed E-state index contributed by atoms with van der Waals surface area (Å²) in [5.41, 5.74) is 1.59. The molecule has 6 heteroatoms. The summed E-state index contributed by atoms with van der Waals surface area (Å²) in [5, 5.41) is 9.47. The summed E-state index contributed by atoms with van der Waals surface area (Å²) in [5.74, 6) is 6.14. The molecule has 0 fully saturated rings. The van der Waals surface area contributed by atoms with Crippen LogP contribution >= 0.6 is 0 Å². The van der Waals surface area contributed by atoms with Crippen molar-refractivity contribution in [3.8, 4) is 11.8 Å². The number of nitrogens with zero attached hydrogens (tertiary/aromatic N) is 6. The Balaban J connectivity index is 2.28. The third-order valence-corrected chi connectivity index (χ3v) is 2.65. The lowest BCUT2D eigenvalue weighted by Crippen LogP contribution is -2.00. The van der Waals surface area contributed by atoms with Crippen LogP contribution in [0.2, 0.25) is 0 Å². The second-order valence-corrected chi connectivity index (χ2v) is 3.93. The summed E-state index contributed by atoms with van der Waals surface area (Å²) in [6, 6.07) is 0. The zero-order chi connectivity index (χ0) is 12.5. The van der Waals surface area contributed by atoms with Gasteiger partial charge in [-0.3, -0.25) is 0 Å². The molecule has 0 bridgehead atoms. The fourth-order valence-corrected chi connectivity index (χ4v) is 1.91. The van der Waals surface area contributed by atoms with Crippen LogP contribution in [0.5, 0.6) is 0 Å². The maximum absolute atomic E-state index is 4.39. The summed E-state index contributed by atoms with van der Waals surface area (Å²) in [4.78, 5) is 8.76. The van der Waals surface area contributed by atoms with Crippen LogP contribution in [0.25, 0.3) is 16.7 Å². The summed E-state index contributed by atoms with van der Waals surface area (Å²) in [7, 11) is 0. The smallest absolute Gasteiger partial charge is 0.226 e. The van der Waals surface area contributed by atoms with Crippen LogP contribution in [0.4, 0.5) is 0 Å². The number of aromatic nitrogens is 6. The Morgan fingerprint density at radius 2 is 2.22 bits per heavy atom. The van der Waals surface area contributed by atoms with Crippen LogP contribution in [0.1, 0.15) is 26.1 Å². The van der Waals surface area contributed by atoms with E-state index < -0.39 is 0 Å². The first kappa shape index (κ1) is 10.7. The summed E-state index contributed by atoms with van der Waals surface area (Å²) < 4.78 is 3.52. The van der Waals surface area contributed by atoms with Gasteiger partial charge in [0.15, 0.2) is 11.3 Å². The minimum Gasteiger partial charge on any atom is -0.247 e. The molecule has 0 N–H and O–H groups in total. The van der Waals surface area contributed by atoms with Crippen LogP contribution in [-0.2, 0) is 6.54 Å². The van der Waals surface area contributed by atoms with Gasteiger partial charge in [-0.1, -0.05) is 12.8 Å². The highest BCUT2D eigenvalue weighted by molar-refractivity contribution is 5.88. The number of fused-ring (bicyclic) bond motifs is 3. The molecule has 0 aliphatic heterocycles. The zero-order valence-corrected chi connectivity index (χ0v) is 10.3. The van der Waals surface area contributed by atoms with Gasteiger partial charge in [0.1, 0.15) is 6.33 Å². The molecule has 3 rings (SSSR count).